The summed E-state index contributed by atoms with van der Waals surface area (Å²) >= 11 is 6.10. The third-order valence-electron chi connectivity index (χ3n) is 4.31. The number of ether oxygens (including phenoxy) is 1. The van der Waals surface area contributed by atoms with Crippen LogP contribution >= 0.6 is 11.6 Å². The van der Waals surface area contributed by atoms with Crippen LogP contribution in [0.25, 0.3) is 0 Å². The summed E-state index contributed by atoms with van der Waals surface area (Å²) in [6.07, 6.45) is 0. The predicted octanol–water partition coefficient (Wildman–Crippen LogP) is 4.61. The molecule has 3 rings (SSSR count). The minimum atomic E-state index is -3.97. The average Bonchev–Trinajstić information content (AvgIpc) is 2.74. The Morgan fingerprint density at radius 1 is 1.06 bits per heavy atom. The summed E-state index contributed by atoms with van der Waals surface area (Å²) in [6.45, 7) is 2.28. The molecule has 162 valence electrons. The van der Waals surface area contributed by atoms with Gasteiger partial charge in [0.05, 0.1) is 22.1 Å². The summed E-state index contributed by atoms with van der Waals surface area (Å²) < 4.78 is 47.0. The molecule has 0 aliphatic heterocycles. The number of amides is 1. The molecular formula is C22H20ClFN2O4S. The molecule has 1 amide bonds. The molecule has 0 saturated carbocycles. The van der Waals surface area contributed by atoms with Crippen molar-refractivity contribution in [3.63, 3.8) is 0 Å². The van der Waals surface area contributed by atoms with Crippen molar-refractivity contribution in [3.05, 3.63) is 88.7 Å². The maximum absolute atomic E-state index is 13.7. The topological polar surface area (TPSA) is 84.5 Å². The van der Waals surface area contributed by atoms with Gasteiger partial charge < -0.3 is 10.1 Å². The van der Waals surface area contributed by atoms with E-state index in [1.165, 1.54) is 24.3 Å². The summed E-state index contributed by atoms with van der Waals surface area (Å²) in [7, 11) is -3.97. The third kappa shape index (κ3) is 5.74. The van der Waals surface area contributed by atoms with E-state index >= 15 is 0 Å². The number of benzene rings is 3. The molecule has 0 fully saturated rings. The highest BCUT2D eigenvalue weighted by atomic mass is 35.5. The Hall–Kier alpha value is -3.10. The van der Waals surface area contributed by atoms with Gasteiger partial charge in [0.15, 0.2) is 0 Å². The fourth-order valence-corrected chi connectivity index (χ4v) is 4.05. The predicted molar refractivity (Wildman–Crippen MR) is 117 cm³/mol. The molecule has 0 radical (unpaired) electrons. The van der Waals surface area contributed by atoms with Crippen molar-refractivity contribution in [1.29, 1.82) is 0 Å². The van der Waals surface area contributed by atoms with Crippen LogP contribution in [-0.2, 0) is 16.6 Å². The molecule has 3 aromatic rings. The molecule has 0 saturated heterocycles. The number of sulfonamides is 1. The largest absolute Gasteiger partial charge is 0.494 e. The first kappa shape index (κ1) is 22.6. The first-order valence-corrected chi connectivity index (χ1v) is 11.2. The van der Waals surface area contributed by atoms with Gasteiger partial charge in [0.1, 0.15) is 11.6 Å². The van der Waals surface area contributed by atoms with E-state index in [4.69, 9.17) is 16.3 Å². The summed E-state index contributed by atoms with van der Waals surface area (Å²) in [4.78, 5) is 12.4. The molecule has 2 N–H and O–H groups in total. The van der Waals surface area contributed by atoms with E-state index in [0.717, 1.165) is 0 Å². The lowest BCUT2D eigenvalue weighted by molar-refractivity contribution is 0.0950. The van der Waals surface area contributed by atoms with Gasteiger partial charge in [-0.3, -0.25) is 9.52 Å². The van der Waals surface area contributed by atoms with Gasteiger partial charge in [-0.25, -0.2) is 12.8 Å². The van der Waals surface area contributed by atoms with Gasteiger partial charge in [0.2, 0.25) is 0 Å². The lowest BCUT2D eigenvalue weighted by Crippen LogP contribution is -2.24. The van der Waals surface area contributed by atoms with E-state index in [2.05, 4.69) is 10.0 Å². The number of halogens is 2. The Balaban J connectivity index is 1.77. The van der Waals surface area contributed by atoms with Crippen LogP contribution < -0.4 is 14.8 Å². The van der Waals surface area contributed by atoms with Crippen molar-refractivity contribution in [2.75, 3.05) is 11.3 Å². The Bertz CT molecular complexity index is 1180. The number of nitrogens with one attached hydrogen (secondary N) is 2. The van der Waals surface area contributed by atoms with Gasteiger partial charge in [-0.15, -0.1) is 0 Å². The number of hydrogen-bond acceptors (Lipinski definition) is 4. The van der Waals surface area contributed by atoms with E-state index in [1.807, 2.05) is 6.92 Å². The number of carbonyl (C=O) groups is 1. The maximum atomic E-state index is 13.7. The zero-order chi connectivity index (χ0) is 22.4. The normalized spacial score (nSPS) is 11.1. The molecule has 0 atom stereocenters. The van der Waals surface area contributed by atoms with Crippen LogP contribution in [0.5, 0.6) is 5.75 Å². The Kier molecular flexibility index (Phi) is 7.14. The fourth-order valence-electron chi connectivity index (χ4n) is 2.76. The molecule has 0 aliphatic rings. The quantitative estimate of drug-likeness (QED) is 0.512. The molecule has 0 aromatic heterocycles. The van der Waals surface area contributed by atoms with Gasteiger partial charge in [-0.1, -0.05) is 29.8 Å². The number of rotatable bonds is 8. The Labute approximate surface area is 185 Å². The zero-order valence-corrected chi connectivity index (χ0v) is 18.1. The highest BCUT2D eigenvalue weighted by Gasteiger charge is 2.19. The maximum Gasteiger partial charge on any atom is 0.261 e. The molecule has 3 aromatic carbocycles. The van der Waals surface area contributed by atoms with Crippen LogP contribution in [0.3, 0.4) is 0 Å². The van der Waals surface area contributed by atoms with Crippen molar-refractivity contribution in [1.82, 2.24) is 5.32 Å². The SMILES string of the molecule is CCOc1ccc(NS(=O)(=O)c2ccc(Cl)c(C(=O)NCc3ccccc3F)c2)cc1. The lowest BCUT2D eigenvalue weighted by atomic mass is 10.2. The Morgan fingerprint density at radius 3 is 2.45 bits per heavy atom. The van der Waals surface area contributed by atoms with E-state index in [9.17, 15) is 17.6 Å². The number of hydrogen-bond donors (Lipinski definition) is 2. The monoisotopic (exact) mass is 462 g/mol. The second-order valence-corrected chi connectivity index (χ2v) is 8.57. The molecule has 6 nitrogen and oxygen atoms in total. The van der Waals surface area contributed by atoms with Crippen molar-refractivity contribution in [3.8, 4) is 5.75 Å². The molecule has 0 heterocycles. The highest BCUT2D eigenvalue weighted by molar-refractivity contribution is 7.92. The van der Waals surface area contributed by atoms with Crippen molar-refractivity contribution in [2.45, 2.75) is 18.4 Å². The standard InChI is InChI=1S/C22H20ClFN2O4S/c1-2-30-17-9-7-16(8-10-17)26-31(28,29)18-11-12-20(23)19(13-18)22(27)25-14-15-5-3-4-6-21(15)24/h3-13,26H,2,14H2,1H3,(H,25,27). The van der Waals surface area contributed by atoms with Crippen molar-refractivity contribution in [2.24, 2.45) is 0 Å². The number of carbonyl (C=O) groups excluding carboxylic acids is 1. The summed E-state index contributed by atoms with van der Waals surface area (Å²) in [5.74, 6) is -0.457. The van der Waals surface area contributed by atoms with E-state index in [1.54, 1.807) is 42.5 Å². The van der Waals surface area contributed by atoms with Crippen LogP contribution in [0.4, 0.5) is 10.1 Å². The molecule has 0 aliphatic carbocycles. The summed E-state index contributed by atoms with van der Waals surface area (Å²) in [6, 6.07) is 16.2. The van der Waals surface area contributed by atoms with Crippen LogP contribution in [-0.4, -0.2) is 20.9 Å². The zero-order valence-electron chi connectivity index (χ0n) is 16.6. The molecule has 31 heavy (non-hydrogen) atoms. The van der Waals surface area contributed by atoms with Crippen molar-refractivity contribution >= 4 is 33.2 Å². The Morgan fingerprint density at radius 2 is 1.77 bits per heavy atom. The van der Waals surface area contributed by atoms with Crippen molar-refractivity contribution < 1.29 is 22.3 Å². The molecule has 0 unspecified atom stereocenters. The van der Waals surface area contributed by atoms with Crippen LogP contribution in [0.2, 0.25) is 5.02 Å². The third-order valence-corrected chi connectivity index (χ3v) is 6.02. The van der Waals surface area contributed by atoms with Gasteiger partial charge in [0, 0.05) is 17.8 Å². The minimum Gasteiger partial charge on any atom is -0.494 e. The molecular weight excluding hydrogens is 443 g/mol. The first-order chi connectivity index (χ1) is 14.8. The lowest BCUT2D eigenvalue weighted by Gasteiger charge is -2.12. The second kappa shape index (κ2) is 9.80. The van der Waals surface area contributed by atoms with Crippen LogP contribution in [0.15, 0.2) is 71.6 Å². The molecule has 0 bridgehead atoms. The first-order valence-electron chi connectivity index (χ1n) is 9.37. The van der Waals surface area contributed by atoms with E-state index < -0.39 is 21.7 Å². The van der Waals surface area contributed by atoms with Crippen LogP contribution in [0, 0.1) is 5.82 Å². The smallest absolute Gasteiger partial charge is 0.261 e. The van der Waals surface area contributed by atoms with Gasteiger partial charge in [0.25, 0.3) is 15.9 Å². The highest BCUT2D eigenvalue weighted by Crippen LogP contribution is 2.24. The van der Waals surface area contributed by atoms with E-state index in [-0.39, 0.29) is 22.0 Å². The fraction of sp³-hybridized carbons (Fsp3) is 0.136. The van der Waals surface area contributed by atoms with E-state index in [0.29, 0.717) is 23.6 Å². The molecule has 9 heteroatoms. The summed E-state index contributed by atoms with van der Waals surface area (Å²) in [5.41, 5.74) is 0.601. The molecule has 0 spiro atoms. The summed E-state index contributed by atoms with van der Waals surface area (Å²) in [5, 5.41) is 2.63. The minimum absolute atomic E-state index is 0.0347. The van der Waals surface area contributed by atoms with Crippen LogP contribution in [0.1, 0.15) is 22.8 Å². The van der Waals surface area contributed by atoms with Gasteiger partial charge in [-0.2, -0.15) is 0 Å². The number of anilines is 1. The van der Waals surface area contributed by atoms with Gasteiger partial charge >= 0.3 is 0 Å². The van der Waals surface area contributed by atoms with Gasteiger partial charge in [-0.05, 0) is 55.5 Å². The average molecular weight is 463 g/mol. The second-order valence-electron chi connectivity index (χ2n) is 6.48.